The zero-order valence-electron chi connectivity index (χ0n) is 17.5. The molecule has 0 aliphatic carbocycles. The Morgan fingerprint density at radius 3 is 2.35 bits per heavy atom. The number of amides is 2. The molecular formula is C21H24ClF3N4O2. The number of benzene rings is 1. The fourth-order valence-corrected chi connectivity index (χ4v) is 3.74. The fourth-order valence-electron chi connectivity index (χ4n) is 3.56. The van der Waals surface area contributed by atoms with Crippen molar-refractivity contribution in [3.8, 4) is 5.69 Å². The van der Waals surface area contributed by atoms with Gasteiger partial charge < -0.3 is 10.2 Å². The van der Waals surface area contributed by atoms with Crippen LogP contribution >= 0.6 is 11.6 Å². The highest BCUT2D eigenvalue weighted by atomic mass is 35.5. The Bertz CT molecular complexity index is 974. The number of carbonyl (C=O) groups excluding carboxylic acids is 2. The Labute approximate surface area is 183 Å². The van der Waals surface area contributed by atoms with Gasteiger partial charge in [0.2, 0.25) is 5.91 Å². The first-order valence-corrected chi connectivity index (χ1v) is 10.3. The summed E-state index contributed by atoms with van der Waals surface area (Å²) in [5.41, 5.74) is -2.12. The summed E-state index contributed by atoms with van der Waals surface area (Å²) < 4.78 is 42.1. The predicted octanol–water partition coefficient (Wildman–Crippen LogP) is 4.31. The number of alkyl halides is 3. The summed E-state index contributed by atoms with van der Waals surface area (Å²) in [7, 11) is 0. The number of aromatic nitrogens is 2. The van der Waals surface area contributed by atoms with Gasteiger partial charge in [0.25, 0.3) is 5.91 Å². The first-order valence-electron chi connectivity index (χ1n) is 9.89. The van der Waals surface area contributed by atoms with Crippen LogP contribution in [0.3, 0.4) is 0 Å². The predicted molar refractivity (Wildman–Crippen MR) is 110 cm³/mol. The Morgan fingerprint density at radius 2 is 1.81 bits per heavy atom. The highest BCUT2D eigenvalue weighted by Crippen LogP contribution is 2.34. The van der Waals surface area contributed by atoms with E-state index >= 15 is 0 Å². The molecule has 10 heteroatoms. The molecule has 31 heavy (non-hydrogen) atoms. The van der Waals surface area contributed by atoms with Crippen LogP contribution < -0.4 is 5.32 Å². The molecule has 1 aromatic carbocycles. The molecule has 0 unspecified atom stereocenters. The van der Waals surface area contributed by atoms with Gasteiger partial charge in [-0.2, -0.15) is 18.3 Å². The Hall–Kier alpha value is -2.55. The Morgan fingerprint density at radius 1 is 1.16 bits per heavy atom. The van der Waals surface area contributed by atoms with Crippen molar-refractivity contribution in [3.05, 3.63) is 46.7 Å². The molecule has 2 amide bonds. The van der Waals surface area contributed by atoms with Crippen molar-refractivity contribution in [2.24, 2.45) is 5.41 Å². The van der Waals surface area contributed by atoms with E-state index in [1.807, 2.05) is 20.8 Å². The summed E-state index contributed by atoms with van der Waals surface area (Å²) >= 11 is 5.89. The molecule has 1 aromatic heterocycles. The molecule has 6 nitrogen and oxygen atoms in total. The van der Waals surface area contributed by atoms with Gasteiger partial charge in [0.05, 0.1) is 17.4 Å². The lowest BCUT2D eigenvalue weighted by molar-refractivity contribution is -0.143. The van der Waals surface area contributed by atoms with E-state index in [-0.39, 0.29) is 22.7 Å². The van der Waals surface area contributed by atoms with Crippen molar-refractivity contribution in [2.75, 3.05) is 13.1 Å². The molecule has 1 aliphatic heterocycles. The molecule has 2 aromatic rings. The Kier molecular flexibility index (Phi) is 6.36. The van der Waals surface area contributed by atoms with Crippen molar-refractivity contribution < 1.29 is 22.8 Å². The normalized spacial score (nSPS) is 15.8. The molecular weight excluding hydrogens is 433 g/mol. The van der Waals surface area contributed by atoms with Gasteiger partial charge in [-0.3, -0.25) is 9.59 Å². The third-order valence-electron chi connectivity index (χ3n) is 5.09. The van der Waals surface area contributed by atoms with E-state index in [1.54, 1.807) is 4.90 Å². The maximum atomic E-state index is 13.8. The Balaban J connectivity index is 1.77. The standard InChI is InChI=1S/C21H24ClF3N4O2/c1-20(2,3)19(31)28-9-7-14(8-10-28)27-18(30)16-12-26-29(17(16)21(23,24)25)15-6-4-5-13(22)11-15/h4-6,11-12,14H,7-10H2,1-3H3,(H,27,30). The average molecular weight is 457 g/mol. The third-order valence-corrected chi connectivity index (χ3v) is 5.33. The second-order valence-electron chi connectivity index (χ2n) is 8.59. The maximum absolute atomic E-state index is 13.8. The van der Waals surface area contributed by atoms with Crippen LogP contribution in [-0.2, 0) is 11.0 Å². The van der Waals surface area contributed by atoms with Crippen LogP contribution in [0.25, 0.3) is 5.69 Å². The van der Waals surface area contributed by atoms with Gasteiger partial charge in [-0.1, -0.05) is 38.4 Å². The van der Waals surface area contributed by atoms with E-state index in [0.717, 1.165) is 6.20 Å². The minimum absolute atomic E-state index is 0.0134. The number of rotatable bonds is 3. The number of nitrogens with zero attached hydrogens (tertiary/aromatic N) is 3. The molecule has 3 rings (SSSR count). The molecule has 1 saturated heterocycles. The molecule has 1 fully saturated rings. The summed E-state index contributed by atoms with van der Waals surface area (Å²) in [6.07, 6.45) is -2.94. The van der Waals surface area contributed by atoms with E-state index < -0.39 is 28.8 Å². The largest absolute Gasteiger partial charge is 0.434 e. The number of hydrogen-bond donors (Lipinski definition) is 1. The van der Waals surface area contributed by atoms with E-state index in [4.69, 9.17) is 11.6 Å². The minimum Gasteiger partial charge on any atom is -0.349 e. The molecule has 1 aliphatic rings. The van der Waals surface area contributed by atoms with Gasteiger partial charge in [0, 0.05) is 29.6 Å². The maximum Gasteiger partial charge on any atom is 0.434 e. The lowest BCUT2D eigenvalue weighted by Gasteiger charge is -2.36. The fraction of sp³-hybridized carbons (Fsp3) is 0.476. The van der Waals surface area contributed by atoms with Crippen LogP contribution in [0.2, 0.25) is 5.02 Å². The summed E-state index contributed by atoms with van der Waals surface area (Å²) in [4.78, 5) is 26.8. The number of likely N-dealkylation sites (tertiary alicyclic amines) is 1. The number of carbonyl (C=O) groups is 2. The van der Waals surface area contributed by atoms with Crippen LogP contribution in [-0.4, -0.2) is 45.6 Å². The monoisotopic (exact) mass is 456 g/mol. The highest BCUT2D eigenvalue weighted by Gasteiger charge is 2.41. The van der Waals surface area contributed by atoms with E-state index in [2.05, 4.69) is 10.4 Å². The van der Waals surface area contributed by atoms with Crippen LogP contribution in [0.4, 0.5) is 13.2 Å². The third kappa shape index (κ3) is 5.20. The van der Waals surface area contributed by atoms with Crippen LogP contribution in [0.1, 0.15) is 49.7 Å². The molecule has 0 atom stereocenters. The zero-order chi connectivity index (χ0) is 23.0. The van der Waals surface area contributed by atoms with Crippen molar-refractivity contribution in [1.29, 1.82) is 0 Å². The van der Waals surface area contributed by atoms with Gasteiger partial charge in [-0.15, -0.1) is 0 Å². The van der Waals surface area contributed by atoms with Gasteiger partial charge >= 0.3 is 6.18 Å². The SMILES string of the molecule is CC(C)(C)C(=O)N1CCC(NC(=O)c2cnn(-c3cccc(Cl)c3)c2C(F)(F)F)CC1. The smallest absolute Gasteiger partial charge is 0.349 e. The molecule has 2 heterocycles. The van der Waals surface area contributed by atoms with Gasteiger partial charge in [-0.05, 0) is 31.0 Å². The van der Waals surface area contributed by atoms with Crippen molar-refractivity contribution in [1.82, 2.24) is 20.0 Å². The topological polar surface area (TPSA) is 67.2 Å². The van der Waals surface area contributed by atoms with Crippen molar-refractivity contribution >= 4 is 23.4 Å². The molecule has 0 radical (unpaired) electrons. The summed E-state index contributed by atoms with van der Waals surface area (Å²) in [6.45, 7) is 6.38. The summed E-state index contributed by atoms with van der Waals surface area (Å²) in [5.74, 6) is -0.833. The lowest BCUT2D eigenvalue weighted by atomic mass is 9.93. The van der Waals surface area contributed by atoms with Crippen molar-refractivity contribution in [3.63, 3.8) is 0 Å². The quantitative estimate of drug-likeness (QED) is 0.748. The molecule has 168 valence electrons. The van der Waals surface area contributed by atoms with E-state index in [9.17, 15) is 22.8 Å². The van der Waals surface area contributed by atoms with Crippen molar-refractivity contribution in [2.45, 2.75) is 45.8 Å². The first-order chi connectivity index (χ1) is 14.4. The number of nitrogens with one attached hydrogen (secondary N) is 1. The number of piperidine rings is 1. The molecule has 0 bridgehead atoms. The molecule has 0 spiro atoms. The van der Waals surface area contributed by atoms with Crippen LogP contribution in [0.5, 0.6) is 0 Å². The second kappa shape index (κ2) is 8.53. The number of halogens is 4. The second-order valence-corrected chi connectivity index (χ2v) is 9.02. The minimum atomic E-state index is -4.80. The van der Waals surface area contributed by atoms with Crippen LogP contribution in [0.15, 0.2) is 30.5 Å². The lowest BCUT2D eigenvalue weighted by Crippen LogP contribution is -2.49. The highest BCUT2D eigenvalue weighted by molar-refractivity contribution is 6.30. The molecule has 0 saturated carbocycles. The zero-order valence-corrected chi connectivity index (χ0v) is 18.2. The van der Waals surface area contributed by atoms with E-state index in [1.165, 1.54) is 24.3 Å². The summed E-state index contributed by atoms with van der Waals surface area (Å²) in [5, 5.41) is 6.71. The first kappa shape index (κ1) is 23.1. The van der Waals surface area contributed by atoms with Gasteiger partial charge in [0.15, 0.2) is 5.69 Å². The number of hydrogen-bond acceptors (Lipinski definition) is 3. The van der Waals surface area contributed by atoms with Crippen LogP contribution in [0, 0.1) is 5.41 Å². The molecule has 1 N–H and O–H groups in total. The van der Waals surface area contributed by atoms with Gasteiger partial charge in [0.1, 0.15) is 0 Å². The van der Waals surface area contributed by atoms with Gasteiger partial charge in [-0.25, -0.2) is 4.68 Å². The van der Waals surface area contributed by atoms with E-state index in [0.29, 0.717) is 30.6 Å². The summed E-state index contributed by atoms with van der Waals surface area (Å²) in [6, 6.07) is 5.48. The average Bonchev–Trinajstić information content (AvgIpc) is 3.13.